The Morgan fingerprint density at radius 3 is 2.55 bits per heavy atom. The van der Waals surface area contributed by atoms with Crippen molar-refractivity contribution in [2.75, 3.05) is 13.2 Å². The van der Waals surface area contributed by atoms with Crippen LogP contribution in [0.3, 0.4) is 0 Å². The van der Waals surface area contributed by atoms with E-state index in [4.69, 9.17) is 18.5 Å². The lowest BCUT2D eigenvalue weighted by Crippen LogP contribution is -2.29. The van der Waals surface area contributed by atoms with Gasteiger partial charge in [-0.05, 0) is 13.8 Å². The maximum Gasteiger partial charge on any atom is 0.472 e. The Hall–Kier alpha value is -2.89. The molecule has 5 heterocycles. The van der Waals surface area contributed by atoms with Crippen LogP contribution in [0.1, 0.15) is 36.9 Å². The van der Waals surface area contributed by atoms with Gasteiger partial charge >= 0.3 is 13.5 Å². The smallest absolute Gasteiger partial charge is 0.394 e. The minimum absolute atomic E-state index is 0.0602. The first-order chi connectivity index (χ1) is 18.0. The third-order valence-corrected chi connectivity index (χ3v) is 7.27. The maximum atomic E-state index is 12.7. The first kappa shape index (κ1) is 26.7. The first-order valence-corrected chi connectivity index (χ1v) is 13.1. The highest BCUT2D eigenvalue weighted by Gasteiger charge is 2.43. The topological polar surface area (TPSA) is 226 Å². The number of aliphatic hydroxyl groups excluding tert-OH is 2. The van der Waals surface area contributed by atoms with E-state index in [-0.39, 0.29) is 29.8 Å². The van der Waals surface area contributed by atoms with Crippen LogP contribution in [-0.2, 0) is 23.1 Å². The van der Waals surface area contributed by atoms with E-state index in [0.717, 1.165) is 4.57 Å². The monoisotopic (exact) mass is 555 g/mol. The van der Waals surface area contributed by atoms with Crippen molar-refractivity contribution in [3.8, 4) is 0 Å². The van der Waals surface area contributed by atoms with Crippen LogP contribution in [0.25, 0.3) is 11.2 Å². The Morgan fingerprint density at radius 2 is 1.82 bits per heavy atom. The summed E-state index contributed by atoms with van der Waals surface area (Å²) < 4.78 is 37.0. The number of phosphoric ester groups is 1. The molecule has 7 atom stereocenters. The molecule has 5 rings (SSSR count). The van der Waals surface area contributed by atoms with Crippen molar-refractivity contribution in [2.45, 2.75) is 63.6 Å². The standard InChI is InChI=1S/C20H26N7O10P/c1-9-21-7-27(20(31)25-9)16-4-12(13(5-28)35-16)37-38(32,33)34-6-14-11(29)3-15(36-14)26-8-22-17-18(26)23-10(2)24-19(17)30/h7-8,11-16,28-29H,3-6H2,1-2H3,(H,32,33)(H,23,24,30)/t11?,12?,13-,14-,15-,16+/m1/s1. The zero-order chi connectivity index (χ0) is 27.2. The zero-order valence-corrected chi connectivity index (χ0v) is 21.2. The molecule has 4 N–H and O–H groups in total. The SMILES string of the molecule is Cc1ncn([C@@H]2CC(OP(=O)(O)OC[C@H]3O[C@@H](n4cnc5c(=O)[nH]c(C)nc54)CC3O)[C@@H](CO)O2)c(=O)n1. The number of nitrogens with zero attached hydrogens (tertiary/aromatic N) is 6. The summed E-state index contributed by atoms with van der Waals surface area (Å²) >= 11 is 0. The summed E-state index contributed by atoms with van der Waals surface area (Å²) in [7, 11) is -4.72. The number of aromatic nitrogens is 7. The molecule has 0 amide bonds. The molecule has 206 valence electrons. The molecule has 2 saturated heterocycles. The number of phosphoric acid groups is 1. The van der Waals surface area contributed by atoms with E-state index in [1.807, 2.05) is 0 Å². The Morgan fingerprint density at radius 1 is 1.11 bits per heavy atom. The fourth-order valence-electron chi connectivity index (χ4n) is 4.42. The number of hydrogen-bond donors (Lipinski definition) is 4. The van der Waals surface area contributed by atoms with Crippen molar-refractivity contribution in [2.24, 2.45) is 0 Å². The summed E-state index contributed by atoms with van der Waals surface area (Å²) in [4.78, 5) is 53.1. The van der Waals surface area contributed by atoms with Gasteiger partial charge in [0.25, 0.3) is 5.56 Å². The van der Waals surface area contributed by atoms with Gasteiger partial charge in [0.05, 0.1) is 25.6 Å². The van der Waals surface area contributed by atoms with Gasteiger partial charge in [-0.2, -0.15) is 4.98 Å². The lowest BCUT2D eigenvalue weighted by molar-refractivity contribution is -0.0565. The van der Waals surface area contributed by atoms with Gasteiger partial charge in [0.15, 0.2) is 11.2 Å². The van der Waals surface area contributed by atoms with Crippen LogP contribution in [-0.4, -0.2) is 86.8 Å². The van der Waals surface area contributed by atoms with Crippen molar-refractivity contribution >= 4 is 19.0 Å². The summed E-state index contributed by atoms with van der Waals surface area (Å²) in [5.41, 5.74) is -0.672. The van der Waals surface area contributed by atoms with Gasteiger partial charge in [0, 0.05) is 12.8 Å². The molecule has 17 nitrogen and oxygen atoms in total. The number of nitrogens with one attached hydrogen (secondary N) is 1. The average Bonchev–Trinajstić information content (AvgIpc) is 3.54. The predicted octanol–water partition coefficient (Wildman–Crippen LogP) is -1.18. The number of rotatable bonds is 8. The molecule has 2 aliphatic heterocycles. The van der Waals surface area contributed by atoms with Gasteiger partial charge in [0.1, 0.15) is 48.7 Å². The van der Waals surface area contributed by atoms with Gasteiger partial charge in [-0.15, -0.1) is 0 Å². The van der Waals surface area contributed by atoms with E-state index in [2.05, 4.69) is 24.9 Å². The van der Waals surface area contributed by atoms with Crippen LogP contribution < -0.4 is 11.2 Å². The van der Waals surface area contributed by atoms with Gasteiger partial charge in [-0.25, -0.2) is 24.3 Å². The molecule has 2 aliphatic rings. The lowest BCUT2D eigenvalue weighted by Gasteiger charge is -2.21. The number of hydrogen-bond acceptors (Lipinski definition) is 13. The Kier molecular flexibility index (Phi) is 7.27. The molecule has 3 aromatic rings. The molecule has 18 heteroatoms. The minimum Gasteiger partial charge on any atom is -0.394 e. The molecule has 0 spiro atoms. The van der Waals surface area contributed by atoms with E-state index >= 15 is 0 Å². The molecule has 0 aromatic carbocycles. The lowest BCUT2D eigenvalue weighted by atomic mass is 10.2. The van der Waals surface area contributed by atoms with E-state index in [1.54, 1.807) is 13.8 Å². The third kappa shape index (κ3) is 5.32. The van der Waals surface area contributed by atoms with E-state index in [0.29, 0.717) is 5.82 Å². The number of fused-ring (bicyclic) bond motifs is 1. The second kappa shape index (κ2) is 10.3. The third-order valence-electron chi connectivity index (χ3n) is 6.25. The van der Waals surface area contributed by atoms with Crippen LogP contribution in [0.5, 0.6) is 0 Å². The Balaban J connectivity index is 1.22. The molecule has 3 unspecified atom stereocenters. The summed E-state index contributed by atoms with van der Waals surface area (Å²) in [6, 6.07) is 0. The van der Waals surface area contributed by atoms with E-state index in [9.17, 15) is 29.3 Å². The second-order valence-corrected chi connectivity index (χ2v) is 10.4. The number of aromatic amines is 1. The number of H-pyrrole nitrogens is 1. The maximum absolute atomic E-state index is 12.7. The fraction of sp³-hybridized carbons (Fsp3) is 0.600. The summed E-state index contributed by atoms with van der Waals surface area (Å²) in [5, 5.41) is 20.1. The normalized spacial score (nSPS) is 29.2. The average molecular weight is 555 g/mol. The minimum atomic E-state index is -4.72. The number of imidazole rings is 1. The summed E-state index contributed by atoms with van der Waals surface area (Å²) in [6.07, 6.45) is -3.26. The van der Waals surface area contributed by atoms with Crippen LogP contribution in [0.2, 0.25) is 0 Å². The highest BCUT2D eigenvalue weighted by molar-refractivity contribution is 7.47. The molecule has 0 radical (unpaired) electrons. The zero-order valence-electron chi connectivity index (χ0n) is 20.3. The molecular formula is C20H26N7O10P. The summed E-state index contributed by atoms with van der Waals surface area (Å²) in [6.45, 7) is 2.11. The van der Waals surface area contributed by atoms with Crippen LogP contribution >= 0.6 is 7.82 Å². The van der Waals surface area contributed by atoms with Crippen molar-refractivity contribution in [3.63, 3.8) is 0 Å². The molecule has 38 heavy (non-hydrogen) atoms. The largest absolute Gasteiger partial charge is 0.472 e. The van der Waals surface area contributed by atoms with Crippen molar-refractivity contribution < 1.29 is 38.2 Å². The summed E-state index contributed by atoms with van der Waals surface area (Å²) in [5.74, 6) is 0.643. The molecule has 3 aromatic heterocycles. The van der Waals surface area contributed by atoms with Crippen molar-refractivity contribution in [3.05, 3.63) is 45.1 Å². The highest BCUT2D eigenvalue weighted by Crippen LogP contribution is 2.49. The Bertz CT molecular complexity index is 1490. The van der Waals surface area contributed by atoms with Gasteiger partial charge in [-0.3, -0.25) is 23.0 Å². The Labute approximate surface area is 213 Å². The highest BCUT2D eigenvalue weighted by atomic mass is 31.2. The first-order valence-electron chi connectivity index (χ1n) is 11.7. The second-order valence-electron chi connectivity index (χ2n) is 8.96. The molecule has 0 aliphatic carbocycles. The van der Waals surface area contributed by atoms with Gasteiger partial charge < -0.3 is 29.6 Å². The molecular weight excluding hydrogens is 529 g/mol. The van der Waals surface area contributed by atoms with Crippen LogP contribution in [0.15, 0.2) is 22.2 Å². The van der Waals surface area contributed by atoms with Crippen molar-refractivity contribution in [1.82, 2.24) is 34.1 Å². The fourth-order valence-corrected chi connectivity index (χ4v) is 5.38. The number of ether oxygens (including phenoxy) is 2. The number of aryl methyl sites for hydroxylation is 2. The van der Waals surface area contributed by atoms with Gasteiger partial charge in [-0.1, -0.05) is 0 Å². The number of aliphatic hydroxyl groups is 2. The van der Waals surface area contributed by atoms with Crippen LogP contribution in [0, 0.1) is 13.8 Å². The molecule has 2 fully saturated rings. The van der Waals surface area contributed by atoms with E-state index < -0.39 is 69.2 Å². The molecule has 0 saturated carbocycles. The van der Waals surface area contributed by atoms with E-state index in [1.165, 1.54) is 17.2 Å². The quantitative estimate of drug-likeness (QED) is 0.240. The predicted molar refractivity (Wildman–Crippen MR) is 125 cm³/mol. The van der Waals surface area contributed by atoms with Crippen molar-refractivity contribution in [1.29, 1.82) is 0 Å². The molecule has 0 bridgehead atoms. The van der Waals surface area contributed by atoms with Gasteiger partial charge in [0.2, 0.25) is 0 Å². The van der Waals surface area contributed by atoms with Crippen LogP contribution in [0.4, 0.5) is 0 Å².